The SMILES string of the molecule is CCc1ccc(C(=O)CCC(=O)N2CCN(C(C)C(=O)NC3CC3)CC2)cc1. The fraction of sp³-hybridized carbons (Fsp3) is 0.591. The van der Waals surface area contributed by atoms with Gasteiger partial charge >= 0.3 is 0 Å². The molecule has 1 aromatic rings. The number of carbonyl (C=O) groups excluding carboxylic acids is 3. The predicted octanol–water partition coefficient (Wildman–Crippen LogP) is 2.02. The monoisotopic (exact) mass is 385 g/mol. The molecule has 28 heavy (non-hydrogen) atoms. The summed E-state index contributed by atoms with van der Waals surface area (Å²) >= 11 is 0. The Balaban J connectivity index is 1.40. The van der Waals surface area contributed by atoms with Crippen LogP contribution < -0.4 is 5.32 Å². The van der Waals surface area contributed by atoms with E-state index in [4.69, 9.17) is 0 Å². The van der Waals surface area contributed by atoms with Crippen LogP contribution in [0.1, 0.15) is 55.5 Å². The molecule has 0 spiro atoms. The Morgan fingerprint density at radius 2 is 1.68 bits per heavy atom. The normalized spacial score (nSPS) is 18.6. The Hall–Kier alpha value is -2.21. The van der Waals surface area contributed by atoms with Crippen LogP contribution in [0.5, 0.6) is 0 Å². The molecular formula is C22H31N3O3. The van der Waals surface area contributed by atoms with Crippen molar-refractivity contribution in [3.05, 3.63) is 35.4 Å². The second-order valence-electron chi connectivity index (χ2n) is 7.85. The first-order chi connectivity index (χ1) is 13.5. The lowest BCUT2D eigenvalue weighted by Gasteiger charge is -2.37. The molecule has 3 rings (SSSR count). The third kappa shape index (κ3) is 5.41. The van der Waals surface area contributed by atoms with Crippen molar-refractivity contribution in [1.29, 1.82) is 0 Å². The molecule has 1 aromatic carbocycles. The lowest BCUT2D eigenvalue weighted by Crippen LogP contribution is -2.55. The van der Waals surface area contributed by atoms with Crippen molar-refractivity contribution in [3.63, 3.8) is 0 Å². The highest BCUT2D eigenvalue weighted by Gasteiger charge is 2.30. The van der Waals surface area contributed by atoms with Crippen molar-refractivity contribution < 1.29 is 14.4 Å². The lowest BCUT2D eigenvalue weighted by molar-refractivity contribution is -0.134. The minimum Gasteiger partial charge on any atom is -0.352 e. The Labute approximate surface area is 167 Å². The molecule has 1 saturated carbocycles. The third-order valence-electron chi connectivity index (χ3n) is 5.77. The second kappa shape index (κ2) is 9.32. The number of piperazine rings is 1. The van der Waals surface area contributed by atoms with E-state index in [1.165, 1.54) is 5.56 Å². The summed E-state index contributed by atoms with van der Waals surface area (Å²) in [4.78, 5) is 40.9. The van der Waals surface area contributed by atoms with Crippen molar-refractivity contribution in [2.45, 2.75) is 58.0 Å². The molecule has 2 aliphatic rings. The number of benzene rings is 1. The summed E-state index contributed by atoms with van der Waals surface area (Å²) in [5.74, 6) is 0.121. The van der Waals surface area contributed by atoms with Gasteiger partial charge in [0, 0.05) is 50.6 Å². The van der Waals surface area contributed by atoms with Crippen LogP contribution in [0.3, 0.4) is 0 Å². The molecule has 2 amide bonds. The number of rotatable bonds is 8. The molecule has 1 unspecified atom stereocenters. The van der Waals surface area contributed by atoms with Gasteiger partial charge in [0.05, 0.1) is 6.04 Å². The molecule has 152 valence electrons. The molecule has 1 N–H and O–H groups in total. The summed E-state index contributed by atoms with van der Waals surface area (Å²) < 4.78 is 0. The van der Waals surface area contributed by atoms with Gasteiger partial charge in [0.2, 0.25) is 11.8 Å². The number of ketones is 1. The number of nitrogens with zero attached hydrogens (tertiary/aromatic N) is 2. The van der Waals surface area contributed by atoms with E-state index >= 15 is 0 Å². The molecule has 2 fully saturated rings. The van der Waals surface area contributed by atoms with Crippen molar-refractivity contribution in [3.8, 4) is 0 Å². The van der Waals surface area contributed by atoms with Gasteiger partial charge in [-0.1, -0.05) is 31.2 Å². The zero-order chi connectivity index (χ0) is 20.1. The van der Waals surface area contributed by atoms with Crippen molar-refractivity contribution in [2.75, 3.05) is 26.2 Å². The zero-order valence-electron chi connectivity index (χ0n) is 16.9. The highest BCUT2D eigenvalue weighted by atomic mass is 16.2. The molecule has 1 aliphatic carbocycles. The van der Waals surface area contributed by atoms with Crippen molar-refractivity contribution in [1.82, 2.24) is 15.1 Å². The van der Waals surface area contributed by atoms with E-state index in [0.29, 0.717) is 37.8 Å². The number of nitrogens with one attached hydrogen (secondary N) is 1. The van der Waals surface area contributed by atoms with Crippen LogP contribution in [0.15, 0.2) is 24.3 Å². The molecule has 0 bridgehead atoms. The Bertz CT molecular complexity index is 704. The highest BCUT2D eigenvalue weighted by Crippen LogP contribution is 2.19. The summed E-state index contributed by atoms with van der Waals surface area (Å²) in [5.41, 5.74) is 1.87. The van der Waals surface area contributed by atoms with Crippen LogP contribution in [0.4, 0.5) is 0 Å². The van der Waals surface area contributed by atoms with Crippen molar-refractivity contribution >= 4 is 17.6 Å². The first kappa shape index (κ1) is 20.5. The minimum atomic E-state index is -0.162. The van der Waals surface area contributed by atoms with E-state index in [-0.39, 0.29) is 36.5 Å². The number of hydrogen-bond acceptors (Lipinski definition) is 4. The van der Waals surface area contributed by atoms with Gasteiger partial charge in [-0.15, -0.1) is 0 Å². The first-order valence-corrected chi connectivity index (χ1v) is 10.4. The fourth-order valence-electron chi connectivity index (χ4n) is 3.52. The summed E-state index contributed by atoms with van der Waals surface area (Å²) in [6.07, 6.45) is 3.60. The van der Waals surface area contributed by atoms with Crippen LogP contribution in [-0.2, 0) is 16.0 Å². The van der Waals surface area contributed by atoms with E-state index in [1.807, 2.05) is 36.1 Å². The van der Waals surface area contributed by atoms with Crippen LogP contribution in [0, 0.1) is 0 Å². The molecule has 0 aromatic heterocycles. The molecule has 1 aliphatic heterocycles. The van der Waals surface area contributed by atoms with Gasteiger partial charge in [-0.3, -0.25) is 19.3 Å². The number of carbonyl (C=O) groups is 3. The van der Waals surface area contributed by atoms with E-state index in [1.54, 1.807) is 0 Å². The minimum absolute atomic E-state index is 0.0139. The molecule has 1 saturated heterocycles. The van der Waals surface area contributed by atoms with Crippen LogP contribution in [-0.4, -0.2) is 65.7 Å². The predicted molar refractivity (Wildman–Crippen MR) is 108 cm³/mol. The van der Waals surface area contributed by atoms with Gasteiger partial charge in [0.15, 0.2) is 5.78 Å². The van der Waals surface area contributed by atoms with E-state index in [9.17, 15) is 14.4 Å². The zero-order valence-corrected chi connectivity index (χ0v) is 16.9. The maximum atomic E-state index is 12.5. The topological polar surface area (TPSA) is 69.7 Å². The van der Waals surface area contributed by atoms with E-state index < -0.39 is 0 Å². The standard InChI is InChI=1S/C22H31N3O3/c1-3-17-4-6-18(7-5-17)20(26)10-11-21(27)25-14-12-24(13-15-25)16(2)22(28)23-19-8-9-19/h4-7,16,19H,3,8-15H2,1-2H3,(H,23,28). The van der Waals surface area contributed by atoms with Gasteiger partial charge < -0.3 is 10.2 Å². The Morgan fingerprint density at radius 3 is 2.25 bits per heavy atom. The maximum absolute atomic E-state index is 12.5. The van der Waals surface area contributed by atoms with Gasteiger partial charge in [-0.25, -0.2) is 0 Å². The summed E-state index contributed by atoms with van der Waals surface area (Å²) in [6.45, 7) is 6.61. The van der Waals surface area contributed by atoms with Crippen LogP contribution in [0.2, 0.25) is 0 Å². The van der Waals surface area contributed by atoms with Crippen LogP contribution in [0.25, 0.3) is 0 Å². The van der Waals surface area contributed by atoms with Gasteiger partial charge in [-0.2, -0.15) is 0 Å². The summed E-state index contributed by atoms with van der Waals surface area (Å²) in [6, 6.07) is 7.83. The molecule has 0 radical (unpaired) electrons. The van der Waals surface area contributed by atoms with Crippen molar-refractivity contribution in [2.24, 2.45) is 0 Å². The number of hydrogen-bond donors (Lipinski definition) is 1. The molecule has 1 heterocycles. The lowest BCUT2D eigenvalue weighted by atomic mass is 10.0. The Kier molecular flexibility index (Phi) is 6.83. The summed E-state index contributed by atoms with van der Waals surface area (Å²) in [5, 5.41) is 3.04. The highest BCUT2D eigenvalue weighted by molar-refractivity contribution is 5.98. The molecular weight excluding hydrogens is 354 g/mol. The van der Waals surface area contributed by atoms with Gasteiger partial charge in [0.25, 0.3) is 0 Å². The van der Waals surface area contributed by atoms with Crippen LogP contribution >= 0.6 is 0 Å². The maximum Gasteiger partial charge on any atom is 0.237 e. The Morgan fingerprint density at radius 1 is 1.04 bits per heavy atom. The molecule has 6 heteroatoms. The van der Waals surface area contributed by atoms with Gasteiger partial charge in [0.1, 0.15) is 0 Å². The number of Topliss-reactive ketones (excluding diaryl/α,β-unsaturated/α-hetero) is 1. The average molecular weight is 386 g/mol. The number of amides is 2. The smallest absolute Gasteiger partial charge is 0.237 e. The second-order valence-corrected chi connectivity index (χ2v) is 7.85. The largest absolute Gasteiger partial charge is 0.352 e. The number of aryl methyl sites for hydroxylation is 1. The first-order valence-electron chi connectivity index (χ1n) is 10.4. The fourth-order valence-corrected chi connectivity index (χ4v) is 3.52. The van der Waals surface area contributed by atoms with Gasteiger partial charge in [-0.05, 0) is 31.7 Å². The summed E-state index contributed by atoms with van der Waals surface area (Å²) in [7, 11) is 0. The third-order valence-corrected chi connectivity index (χ3v) is 5.77. The molecule has 1 atom stereocenters. The molecule has 6 nitrogen and oxygen atoms in total. The van der Waals surface area contributed by atoms with E-state index in [2.05, 4.69) is 17.1 Å². The van der Waals surface area contributed by atoms with E-state index in [0.717, 1.165) is 19.3 Å². The average Bonchev–Trinajstić information content (AvgIpc) is 3.55. The quantitative estimate of drug-likeness (QED) is 0.695.